The summed E-state index contributed by atoms with van der Waals surface area (Å²) in [5.74, 6) is -0.352. The van der Waals surface area contributed by atoms with Gasteiger partial charge in [-0.3, -0.25) is 9.69 Å². The van der Waals surface area contributed by atoms with Gasteiger partial charge in [0.15, 0.2) is 0 Å². The second-order valence-corrected chi connectivity index (χ2v) is 8.66. The first-order chi connectivity index (χ1) is 13.9. The van der Waals surface area contributed by atoms with Gasteiger partial charge in [-0.15, -0.1) is 0 Å². The average molecular weight is 417 g/mol. The maximum Gasteiger partial charge on any atom is 0.238 e. The minimum atomic E-state index is -0.708. The average Bonchev–Trinajstić information content (AvgIpc) is 2.70. The van der Waals surface area contributed by atoms with Crippen LogP contribution in [0, 0.1) is 11.7 Å². The summed E-state index contributed by atoms with van der Waals surface area (Å²) >= 11 is 5.91. The largest absolute Gasteiger partial charge is 0.389 e. The topological polar surface area (TPSA) is 52.6 Å². The smallest absolute Gasteiger partial charge is 0.238 e. The van der Waals surface area contributed by atoms with Crippen LogP contribution in [0.15, 0.2) is 48.5 Å². The van der Waals surface area contributed by atoms with Crippen molar-refractivity contribution in [2.45, 2.75) is 43.7 Å². The maximum atomic E-state index is 13.5. The Morgan fingerprint density at radius 1 is 1.14 bits per heavy atom. The lowest BCUT2D eigenvalue weighted by atomic mass is 9.66. The van der Waals surface area contributed by atoms with Crippen molar-refractivity contribution < 1.29 is 14.3 Å². The van der Waals surface area contributed by atoms with Crippen molar-refractivity contribution in [2.75, 3.05) is 18.4 Å². The van der Waals surface area contributed by atoms with Gasteiger partial charge in [-0.1, -0.05) is 36.6 Å². The van der Waals surface area contributed by atoms with Crippen LogP contribution in [0.5, 0.6) is 0 Å². The molecule has 1 saturated heterocycles. The maximum absolute atomic E-state index is 13.5. The number of aliphatic hydroxyl groups is 1. The SMILES string of the molecule is O=C(CN1CC[C@@]2(O)CCCC[C@@H]2[C@H]1c1ccc(F)cc1)Nc1ccc(Cl)cc1. The summed E-state index contributed by atoms with van der Waals surface area (Å²) < 4.78 is 13.5. The Morgan fingerprint density at radius 2 is 1.86 bits per heavy atom. The second kappa shape index (κ2) is 8.42. The Morgan fingerprint density at radius 3 is 2.59 bits per heavy atom. The Hall–Kier alpha value is -1.95. The van der Waals surface area contributed by atoms with E-state index in [0.29, 0.717) is 23.7 Å². The number of halogens is 2. The van der Waals surface area contributed by atoms with Gasteiger partial charge in [0, 0.05) is 29.2 Å². The standard InChI is InChI=1S/C23H26ClFN2O2/c24-17-6-10-19(11-7-17)26-21(28)15-27-14-13-23(29)12-2-1-3-20(23)22(27)16-4-8-18(25)9-5-16/h4-11,20,22,29H,1-3,12-15H2,(H,26,28)/t20-,22-,23+/m1/s1. The molecule has 0 radical (unpaired) electrons. The summed E-state index contributed by atoms with van der Waals surface area (Å²) in [6.45, 7) is 0.848. The molecule has 29 heavy (non-hydrogen) atoms. The minimum Gasteiger partial charge on any atom is -0.389 e. The third kappa shape index (κ3) is 4.47. The molecule has 154 valence electrons. The van der Waals surface area contributed by atoms with Crippen LogP contribution in [-0.2, 0) is 4.79 Å². The van der Waals surface area contributed by atoms with Crippen LogP contribution in [0.25, 0.3) is 0 Å². The number of carbonyl (C=O) groups excluding carboxylic acids is 1. The fourth-order valence-electron chi connectivity index (χ4n) is 4.94. The summed E-state index contributed by atoms with van der Waals surface area (Å²) in [5.41, 5.74) is 0.945. The van der Waals surface area contributed by atoms with Crippen molar-refractivity contribution in [2.24, 2.45) is 5.92 Å². The molecule has 0 spiro atoms. The van der Waals surface area contributed by atoms with Gasteiger partial charge in [-0.25, -0.2) is 4.39 Å². The fraction of sp³-hybridized carbons (Fsp3) is 0.435. The third-order valence-electron chi connectivity index (χ3n) is 6.36. The normalized spacial score (nSPS) is 27.3. The fourth-order valence-corrected chi connectivity index (χ4v) is 5.07. The highest BCUT2D eigenvalue weighted by Gasteiger charge is 2.49. The molecule has 3 atom stereocenters. The lowest BCUT2D eigenvalue weighted by molar-refractivity contribution is -0.135. The molecule has 1 saturated carbocycles. The van der Waals surface area contributed by atoms with Crippen molar-refractivity contribution in [1.82, 2.24) is 4.90 Å². The summed E-state index contributed by atoms with van der Waals surface area (Å²) in [5, 5.41) is 14.8. The summed E-state index contributed by atoms with van der Waals surface area (Å²) in [4.78, 5) is 14.9. The molecule has 0 bridgehead atoms. The van der Waals surface area contributed by atoms with E-state index in [1.165, 1.54) is 12.1 Å². The first-order valence-electron chi connectivity index (χ1n) is 10.2. The minimum absolute atomic E-state index is 0.0405. The van der Waals surface area contributed by atoms with Crippen molar-refractivity contribution in [3.05, 3.63) is 64.9 Å². The molecule has 2 N–H and O–H groups in total. The molecule has 0 unspecified atom stereocenters. The number of nitrogens with one attached hydrogen (secondary N) is 1. The second-order valence-electron chi connectivity index (χ2n) is 8.23. The zero-order valence-corrected chi connectivity index (χ0v) is 17.0. The number of anilines is 1. The van der Waals surface area contributed by atoms with E-state index in [0.717, 1.165) is 31.2 Å². The van der Waals surface area contributed by atoms with Gasteiger partial charge in [-0.05, 0) is 61.2 Å². The van der Waals surface area contributed by atoms with Crippen molar-refractivity contribution in [1.29, 1.82) is 0 Å². The van der Waals surface area contributed by atoms with E-state index in [1.807, 2.05) is 0 Å². The van der Waals surface area contributed by atoms with Gasteiger partial charge in [0.1, 0.15) is 5.82 Å². The first kappa shape index (κ1) is 20.3. The van der Waals surface area contributed by atoms with Gasteiger partial charge in [0.05, 0.1) is 12.1 Å². The van der Waals surface area contributed by atoms with Crippen LogP contribution in [0.2, 0.25) is 5.02 Å². The lowest BCUT2D eigenvalue weighted by Crippen LogP contribution is -2.56. The van der Waals surface area contributed by atoms with Gasteiger partial charge in [0.25, 0.3) is 0 Å². The van der Waals surface area contributed by atoms with E-state index in [4.69, 9.17) is 11.6 Å². The molecule has 6 heteroatoms. The highest BCUT2D eigenvalue weighted by atomic mass is 35.5. The number of fused-ring (bicyclic) bond motifs is 1. The van der Waals surface area contributed by atoms with E-state index < -0.39 is 5.60 Å². The number of hydrogen-bond acceptors (Lipinski definition) is 3. The van der Waals surface area contributed by atoms with Gasteiger partial charge in [-0.2, -0.15) is 0 Å². The van der Waals surface area contributed by atoms with Crippen LogP contribution in [-0.4, -0.2) is 34.6 Å². The number of amides is 1. The van der Waals surface area contributed by atoms with Crippen molar-refractivity contribution in [3.63, 3.8) is 0 Å². The zero-order valence-electron chi connectivity index (χ0n) is 16.3. The van der Waals surface area contributed by atoms with Gasteiger partial charge in [0.2, 0.25) is 5.91 Å². The van der Waals surface area contributed by atoms with Crippen molar-refractivity contribution >= 4 is 23.2 Å². The zero-order chi connectivity index (χ0) is 20.4. The van der Waals surface area contributed by atoms with Gasteiger partial charge >= 0.3 is 0 Å². The van der Waals surface area contributed by atoms with Crippen LogP contribution in [0.4, 0.5) is 10.1 Å². The van der Waals surface area contributed by atoms with E-state index in [-0.39, 0.29) is 30.2 Å². The molecular formula is C23H26ClFN2O2. The molecule has 2 aromatic carbocycles. The Labute approximate surface area is 175 Å². The quantitative estimate of drug-likeness (QED) is 0.753. The Kier molecular flexibility index (Phi) is 5.91. The molecule has 1 aliphatic heterocycles. The van der Waals surface area contributed by atoms with E-state index in [1.54, 1.807) is 36.4 Å². The molecular weight excluding hydrogens is 391 g/mol. The number of benzene rings is 2. The number of piperidine rings is 1. The van der Waals surface area contributed by atoms with E-state index in [2.05, 4.69) is 10.2 Å². The predicted molar refractivity (Wildman–Crippen MR) is 112 cm³/mol. The molecule has 4 rings (SSSR count). The molecule has 1 amide bonds. The molecule has 2 fully saturated rings. The third-order valence-corrected chi connectivity index (χ3v) is 6.61. The van der Waals surface area contributed by atoms with Crippen LogP contribution in [0.1, 0.15) is 43.7 Å². The molecule has 2 aliphatic rings. The van der Waals surface area contributed by atoms with Crippen LogP contribution in [0.3, 0.4) is 0 Å². The summed E-state index contributed by atoms with van der Waals surface area (Å²) in [7, 11) is 0. The lowest BCUT2D eigenvalue weighted by Gasteiger charge is -2.52. The number of rotatable bonds is 4. The van der Waals surface area contributed by atoms with Crippen molar-refractivity contribution in [3.8, 4) is 0 Å². The molecule has 0 aromatic heterocycles. The molecule has 1 heterocycles. The van der Waals surface area contributed by atoms with E-state index in [9.17, 15) is 14.3 Å². The van der Waals surface area contributed by atoms with Crippen LogP contribution < -0.4 is 5.32 Å². The highest BCUT2D eigenvalue weighted by molar-refractivity contribution is 6.30. The predicted octanol–water partition coefficient (Wildman–Crippen LogP) is 4.79. The summed E-state index contributed by atoms with van der Waals surface area (Å²) in [6.07, 6.45) is 4.45. The number of nitrogens with zero attached hydrogens (tertiary/aromatic N) is 1. The van der Waals surface area contributed by atoms with Gasteiger partial charge < -0.3 is 10.4 Å². The summed E-state index contributed by atoms with van der Waals surface area (Å²) in [6, 6.07) is 13.4. The molecule has 1 aliphatic carbocycles. The Bertz CT molecular complexity index is 858. The van der Waals surface area contributed by atoms with Crippen LogP contribution >= 0.6 is 11.6 Å². The monoisotopic (exact) mass is 416 g/mol. The number of likely N-dealkylation sites (tertiary alicyclic amines) is 1. The molecule has 2 aromatic rings. The number of hydrogen-bond donors (Lipinski definition) is 2. The first-order valence-corrected chi connectivity index (χ1v) is 10.6. The Balaban J connectivity index is 1.56. The molecule has 4 nitrogen and oxygen atoms in total. The van der Waals surface area contributed by atoms with E-state index >= 15 is 0 Å². The number of carbonyl (C=O) groups is 1. The highest BCUT2D eigenvalue weighted by Crippen LogP contribution is 2.49.